The van der Waals surface area contributed by atoms with E-state index in [1.54, 1.807) is 0 Å². The Morgan fingerprint density at radius 1 is 0.431 bits per heavy atom. The molecule has 8 nitrogen and oxygen atoms in total. The molecular formula is C43H62O8. The van der Waals surface area contributed by atoms with Gasteiger partial charge in [-0.1, -0.05) is 149 Å². The molecule has 0 fully saturated rings. The van der Waals surface area contributed by atoms with Crippen molar-refractivity contribution in [1.29, 1.82) is 0 Å². The number of rotatable bonds is 32. The second-order valence-corrected chi connectivity index (χ2v) is 12.5. The molecule has 0 aliphatic rings. The second-order valence-electron chi connectivity index (χ2n) is 12.5. The van der Waals surface area contributed by atoms with Crippen molar-refractivity contribution in [2.45, 2.75) is 76.7 Å². The van der Waals surface area contributed by atoms with Crippen molar-refractivity contribution in [2.75, 3.05) is 79.3 Å². The van der Waals surface area contributed by atoms with Crippen LogP contribution in [0.15, 0.2) is 91.0 Å². The SMILES string of the molecule is CCCCCCCCCCCC(=O)OCCOCCOCCOCCOCCOCCOC(c1ccccc1)(c1ccccc1)c1ccccc1. The van der Waals surface area contributed by atoms with E-state index in [4.69, 9.17) is 33.2 Å². The Bertz CT molecular complexity index is 1130. The van der Waals surface area contributed by atoms with E-state index >= 15 is 0 Å². The van der Waals surface area contributed by atoms with Gasteiger partial charge in [0, 0.05) is 6.42 Å². The number of esters is 1. The van der Waals surface area contributed by atoms with Gasteiger partial charge in [0.2, 0.25) is 0 Å². The van der Waals surface area contributed by atoms with Crippen LogP contribution >= 0.6 is 0 Å². The van der Waals surface area contributed by atoms with Crippen LogP contribution in [0.3, 0.4) is 0 Å². The Morgan fingerprint density at radius 3 is 1.16 bits per heavy atom. The summed E-state index contributed by atoms with van der Waals surface area (Å²) in [5.41, 5.74) is 2.45. The van der Waals surface area contributed by atoms with Crippen LogP contribution in [0.2, 0.25) is 0 Å². The number of carbonyl (C=O) groups is 1. The third-order valence-corrected chi connectivity index (χ3v) is 8.55. The first-order chi connectivity index (χ1) is 25.3. The molecule has 0 aromatic heterocycles. The fourth-order valence-electron chi connectivity index (χ4n) is 5.87. The normalized spacial score (nSPS) is 11.5. The molecule has 0 saturated carbocycles. The van der Waals surface area contributed by atoms with E-state index < -0.39 is 5.60 Å². The van der Waals surface area contributed by atoms with E-state index in [-0.39, 0.29) is 12.6 Å². The Balaban J connectivity index is 1.12. The third kappa shape index (κ3) is 17.8. The van der Waals surface area contributed by atoms with Crippen molar-refractivity contribution < 1.29 is 38.0 Å². The molecule has 0 amide bonds. The van der Waals surface area contributed by atoms with E-state index in [1.165, 1.54) is 44.9 Å². The smallest absolute Gasteiger partial charge is 0.305 e. The summed E-state index contributed by atoms with van der Waals surface area (Å²) < 4.78 is 40.1. The summed E-state index contributed by atoms with van der Waals surface area (Å²) in [6.07, 6.45) is 11.6. The molecular weight excluding hydrogens is 644 g/mol. The van der Waals surface area contributed by atoms with Gasteiger partial charge in [0.15, 0.2) is 0 Å². The topological polar surface area (TPSA) is 81.7 Å². The highest BCUT2D eigenvalue weighted by atomic mass is 16.6. The zero-order chi connectivity index (χ0) is 35.9. The van der Waals surface area contributed by atoms with Gasteiger partial charge in [-0.25, -0.2) is 0 Å². The summed E-state index contributed by atoms with van der Waals surface area (Å²) in [5.74, 6) is -0.134. The molecule has 0 saturated heterocycles. The molecule has 3 aromatic rings. The van der Waals surface area contributed by atoms with Crippen LogP contribution in [0.4, 0.5) is 0 Å². The molecule has 282 valence electrons. The van der Waals surface area contributed by atoms with Gasteiger partial charge in [0.1, 0.15) is 12.2 Å². The van der Waals surface area contributed by atoms with Crippen molar-refractivity contribution >= 4 is 5.97 Å². The van der Waals surface area contributed by atoms with Crippen LogP contribution < -0.4 is 0 Å². The Labute approximate surface area is 307 Å². The summed E-state index contributed by atoms with van der Waals surface area (Å²) in [5, 5.41) is 0. The number of unbranched alkanes of at least 4 members (excludes halogenated alkanes) is 8. The second kappa shape index (κ2) is 28.5. The van der Waals surface area contributed by atoms with E-state index in [1.807, 2.05) is 54.6 Å². The summed E-state index contributed by atoms with van der Waals surface area (Å²) in [6, 6.07) is 31.0. The van der Waals surface area contributed by atoms with Gasteiger partial charge in [0.25, 0.3) is 0 Å². The highest BCUT2D eigenvalue weighted by Crippen LogP contribution is 2.40. The molecule has 0 atom stereocenters. The number of hydrogen-bond acceptors (Lipinski definition) is 8. The Hall–Kier alpha value is -3.11. The lowest BCUT2D eigenvalue weighted by atomic mass is 9.80. The molecule has 0 N–H and O–H groups in total. The van der Waals surface area contributed by atoms with Gasteiger partial charge in [0.05, 0.1) is 72.7 Å². The first-order valence-electron chi connectivity index (χ1n) is 19.1. The van der Waals surface area contributed by atoms with Gasteiger partial charge in [-0.3, -0.25) is 4.79 Å². The number of ether oxygens (including phenoxy) is 7. The Kier molecular flexibility index (Phi) is 23.6. The zero-order valence-electron chi connectivity index (χ0n) is 31.0. The minimum Gasteiger partial charge on any atom is -0.463 e. The average molecular weight is 707 g/mol. The highest BCUT2D eigenvalue weighted by Gasteiger charge is 2.37. The number of benzene rings is 3. The van der Waals surface area contributed by atoms with E-state index in [9.17, 15) is 4.79 Å². The maximum Gasteiger partial charge on any atom is 0.305 e. The lowest BCUT2D eigenvalue weighted by Crippen LogP contribution is -2.34. The van der Waals surface area contributed by atoms with Gasteiger partial charge in [-0.2, -0.15) is 0 Å². The minimum atomic E-state index is -0.750. The van der Waals surface area contributed by atoms with Crippen molar-refractivity contribution in [3.63, 3.8) is 0 Å². The number of hydrogen-bond donors (Lipinski definition) is 0. The van der Waals surface area contributed by atoms with Crippen LogP contribution in [0, 0.1) is 0 Å². The van der Waals surface area contributed by atoms with E-state index in [0.29, 0.717) is 79.1 Å². The molecule has 51 heavy (non-hydrogen) atoms. The first kappa shape index (κ1) is 42.3. The van der Waals surface area contributed by atoms with Crippen molar-refractivity contribution in [2.24, 2.45) is 0 Å². The molecule has 3 rings (SSSR count). The average Bonchev–Trinajstić information content (AvgIpc) is 3.17. The van der Waals surface area contributed by atoms with E-state index in [2.05, 4.69) is 43.3 Å². The maximum atomic E-state index is 11.8. The van der Waals surface area contributed by atoms with Gasteiger partial charge in [-0.15, -0.1) is 0 Å². The lowest BCUT2D eigenvalue weighted by Gasteiger charge is -2.36. The zero-order valence-corrected chi connectivity index (χ0v) is 31.0. The fraction of sp³-hybridized carbons (Fsp3) is 0.558. The molecule has 0 aliphatic heterocycles. The van der Waals surface area contributed by atoms with Crippen LogP contribution in [0.5, 0.6) is 0 Å². The van der Waals surface area contributed by atoms with Crippen molar-refractivity contribution in [1.82, 2.24) is 0 Å². The highest BCUT2D eigenvalue weighted by molar-refractivity contribution is 5.69. The van der Waals surface area contributed by atoms with Crippen molar-refractivity contribution in [3.05, 3.63) is 108 Å². The summed E-state index contributed by atoms with van der Waals surface area (Å²) in [7, 11) is 0. The molecule has 8 heteroatoms. The predicted octanol–water partition coefficient (Wildman–Crippen LogP) is 8.54. The summed E-state index contributed by atoms with van der Waals surface area (Å²) in [6.45, 7) is 7.59. The van der Waals surface area contributed by atoms with Crippen LogP contribution in [0.1, 0.15) is 87.8 Å². The molecule has 0 spiro atoms. The monoisotopic (exact) mass is 706 g/mol. The molecule has 3 aromatic carbocycles. The molecule has 0 aliphatic carbocycles. The predicted molar refractivity (Wildman–Crippen MR) is 202 cm³/mol. The standard InChI is InChI=1S/C43H62O8/c1-2-3-4-5-6-7-8-9-19-26-42(44)50-37-35-48-33-31-46-29-27-45-28-30-47-32-34-49-36-38-51-43(39-20-13-10-14-21-39,40-22-15-11-16-23-40)41-24-17-12-18-25-41/h10-18,20-25H,2-9,19,26-38H2,1H3. The number of carbonyl (C=O) groups excluding carboxylic acids is 1. The quantitative estimate of drug-likeness (QED) is 0.0363. The fourth-order valence-corrected chi connectivity index (χ4v) is 5.87. The van der Waals surface area contributed by atoms with Crippen LogP contribution in [-0.2, 0) is 43.6 Å². The molecule has 0 heterocycles. The van der Waals surface area contributed by atoms with Gasteiger partial charge >= 0.3 is 5.97 Å². The largest absolute Gasteiger partial charge is 0.463 e. The molecule has 0 radical (unpaired) electrons. The van der Waals surface area contributed by atoms with Crippen molar-refractivity contribution in [3.8, 4) is 0 Å². The lowest BCUT2D eigenvalue weighted by molar-refractivity contribution is -0.145. The maximum absolute atomic E-state index is 11.8. The van der Waals surface area contributed by atoms with Crippen LogP contribution in [0.25, 0.3) is 0 Å². The van der Waals surface area contributed by atoms with Crippen LogP contribution in [-0.4, -0.2) is 85.3 Å². The Morgan fingerprint density at radius 2 is 0.765 bits per heavy atom. The minimum absolute atomic E-state index is 0.134. The van der Waals surface area contributed by atoms with Gasteiger partial charge in [-0.05, 0) is 23.1 Å². The molecule has 0 unspecified atom stereocenters. The summed E-state index contributed by atoms with van der Waals surface area (Å²) >= 11 is 0. The summed E-state index contributed by atoms with van der Waals surface area (Å²) in [4.78, 5) is 11.8. The van der Waals surface area contributed by atoms with E-state index in [0.717, 1.165) is 29.5 Å². The molecule has 0 bridgehead atoms. The first-order valence-corrected chi connectivity index (χ1v) is 19.1. The third-order valence-electron chi connectivity index (χ3n) is 8.55. The van der Waals surface area contributed by atoms with Gasteiger partial charge < -0.3 is 33.2 Å².